The maximum absolute atomic E-state index is 5.81. The molecule has 1 aliphatic heterocycles. The average Bonchev–Trinajstić information content (AvgIpc) is 3.18. The fourth-order valence-electron chi connectivity index (χ4n) is 6.46. The molecule has 0 saturated heterocycles. The quantitative estimate of drug-likeness (QED) is 0.167. The summed E-state index contributed by atoms with van der Waals surface area (Å²) < 4.78 is 5.81. The van der Waals surface area contributed by atoms with E-state index in [0.29, 0.717) is 0 Å². The van der Waals surface area contributed by atoms with E-state index in [-0.39, 0.29) is 0 Å². The lowest BCUT2D eigenvalue weighted by Gasteiger charge is -2.24. The lowest BCUT2D eigenvalue weighted by Crippen LogP contribution is -2.46. The maximum atomic E-state index is 5.81. The molecule has 0 spiro atoms. The Morgan fingerprint density at radius 2 is 1.08 bits per heavy atom. The maximum Gasteiger partial charge on any atom is 0.118 e. The van der Waals surface area contributed by atoms with E-state index in [4.69, 9.17) is 4.74 Å². The smallest absolute Gasteiger partial charge is 0.118 e. The van der Waals surface area contributed by atoms with Crippen molar-refractivity contribution in [2.45, 2.75) is 18.9 Å². The number of rotatable bonds is 4. The Morgan fingerprint density at radius 3 is 1.69 bits per heavy atom. The Labute approximate surface area is 233 Å². The molecule has 0 radical (unpaired) electrons. The van der Waals surface area contributed by atoms with Crippen LogP contribution in [0.15, 0.2) is 121 Å². The summed E-state index contributed by atoms with van der Waals surface area (Å²) in [5.74, 6) is 1.02. The van der Waals surface area contributed by atoms with Crippen LogP contribution in [-0.4, -0.2) is 15.9 Å². The van der Waals surface area contributed by atoms with Crippen molar-refractivity contribution in [3.63, 3.8) is 0 Å². The highest BCUT2D eigenvalue weighted by Gasteiger charge is 2.28. The summed E-state index contributed by atoms with van der Waals surface area (Å²) in [7, 11) is -0.108. The van der Waals surface area contributed by atoms with E-state index in [0.717, 1.165) is 18.1 Å². The fourth-order valence-corrected chi connectivity index (χ4v) is 12.4. The Bertz CT molecular complexity index is 1750. The van der Waals surface area contributed by atoms with Gasteiger partial charge in [0.1, 0.15) is 14.5 Å². The minimum Gasteiger partial charge on any atom is -0.497 e. The van der Waals surface area contributed by atoms with Crippen molar-refractivity contribution in [1.82, 2.24) is 0 Å². The summed E-state index contributed by atoms with van der Waals surface area (Å²) >= 11 is 0. The molecule has 0 amide bonds. The topological polar surface area (TPSA) is 9.23 Å². The molecule has 39 heavy (non-hydrogen) atoms. The second-order valence-corrected chi connectivity index (χ2v) is 15.4. The van der Waals surface area contributed by atoms with E-state index in [2.05, 4.69) is 128 Å². The number of hydrogen-bond donors (Lipinski definition) is 0. The number of benzene rings is 6. The van der Waals surface area contributed by atoms with Crippen molar-refractivity contribution in [1.29, 1.82) is 0 Å². The van der Waals surface area contributed by atoms with Crippen LogP contribution >= 0.6 is 7.92 Å². The molecule has 0 aliphatic carbocycles. The van der Waals surface area contributed by atoms with Gasteiger partial charge in [0.15, 0.2) is 0 Å². The van der Waals surface area contributed by atoms with Gasteiger partial charge in [-0.2, -0.15) is 0 Å². The zero-order chi connectivity index (χ0) is 26.3. The van der Waals surface area contributed by atoms with Crippen LogP contribution in [0.3, 0.4) is 0 Å². The van der Waals surface area contributed by atoms with Gasteiger partial charge in [0.05, 0.1) is 7.11 Å². The second kappa shape index (κ2) is 10.1. The van der Waals surface area contributed by atoms with E-state index >= 15 is 0 Å². The predicted octanol–water partition coefficient (Wildman–Crippen LogP) is 7.46. The summed E-state index contributed by atoms with van der Waals surface area (Å²) in [6.45, 7) is 2.47. The first-order chi connectivity index (χ1) is 19.2. The molecular formula is C36H31OPSi. The van der Waals surface area contributed by atoms with Crippen LogP contribution in [0.1, 0.15) is 11.1 Å². The van der Waals surface area contributed by atoms with Gasteiger partial charge >= 0.3 is 0 Å². The molecule has 0 aromatic heterocycles. The normalized spacial score (nSPS) is 14.0. The van der Waals surface area contributed by atoms with E-state index in [1.54, 1.807) is 17.6 Å². The fraction of sp³-hybridized carbons (Fsp3) is 0.111. The molecule has 0 bridgehead atoms. The number of fused-ring (bicyclic) bond motifs is 7. The van der Waals surface area contributed by atoms with Gasteiger partial charge in [-0.15, -0.1) is 0 Å². The van der Waals surface area contributed by atoms with Gasteiger partial charge in [-0.3, -0.25) is 0 Å². The molecule has 7 rings (SSSR count). The third kappa shape index (κ3) is 4.20. The minimum absolute atomic E-state index is 0.441. The van der Waals surface area contributed by atoms with Crippen molar-refractivity contribution in [2.75, 3.05) is 7.11 Å². The number of hydrogen-bond acceptors (Lipinski definition) is 1. The van der Waals surface area contributed by atoms with Crippen LogP contribution in [0.25, 0.3) is 32.7 Å². The van der Waals surface area contributed by atoms with Gasteiger partial charge in [-0.25, -0.2) is 0 Å². The van der Waals surface area contributed by atoms with Crippen LogP contribution < -0.4 is 20.4 Å². The molecule has 6 aromatic carbocycles. The van der Waals surface area contributed by atoms with Gasteiger partial charge in [-0.05, 0) is 72.7 Å². The third-order valence-corrected chi connectivity index (χ3v) is 14.0. The van der Waals surface area contributed by atoms with E-state index in [1.807, 2.05) is 0 Å². The Hall–Kier alpha value is -3.71. The standard InChI is InChI=1S/C36H31OPSi/c1-37-31-15-7-9-17-33(31)39(2)34-18-10-8-16-32(34)38-23-27-21-19-25-11-3-5-13-29(25)35(27)36-28(24-38)22-20-26-12-4-6-14-30(26)36/h3-22,39H,23-24H2,1-2H3/t39-/m0/s1. The van der Waals surface area contributed by atoms with Crippen LogP contribution in [0, 0.1) is 0 Å². The molecule has 0 saturated carbocycles. The van der Waals surface area contributed by atoms with Crippen LogP contribution in [0.5, 0.6) is 5.75 Å². The highest BCUT2D eigenvalue weighted by Crippen LogP contribution is 2.52. The molecule has 190 valence electrons. The molecule has 6 aromatic rings. The highest BCUT2D eigenvalue weighted by molar-refractivity contribution is 7.64. The van der Waals surface area contributed by atoms with E-state index < -0.39 is 16.7 Å². The Balaban J connectivity index is 1.44. The number of ether oxygens (including phenoxy) is 1. The first-order valence-corrected chi connectivity index (χ1v) is 17.7. The summed E-state index contributed by atoms with van der Waals surface area (Å²) in [5, 5.41) is 9.88. The SMILES string of the molecule is COc1ccccc1[Si@H](C)c1ccccc1P1Cc2ccc3ccccc3c2-c2c(ccc3ccccc23)C1. The Morgan fingerprint density at radius 1 is 0.564 bits per heavy atom. The summed E-state index contributed by atoms with van der Waals surface area (Å²) in [6, 6.07) is 45.2. The van der Waals surface area contributed by atoms with Gasteiger partial charge in [0.2, 0.25) is 0 Å². The summed E-state index contributed by atoms with van der Waals surface area (Å²) in [5.41, 5.74) is 5.85. The van der Waals surface area contributed by atoms with Gasteiger partial charge < -0.3 is 4.74 Å². The summed E-state index contributed by atoms with van der Waals surface area (Å²) in [4.78, 5) is 0. The number of para-hydroxylation sites is 1. The molecule has 1 heterocycles. The lowest BCUT2D eigenvalue weighted by atomic mass is 9.88. The average molecular weight is 539 g/mol. The first-order valence-electron chi connectivity index (χ1n) is 13.7. The van der Waals surface area contributed by atoms with Crippen LogP contribution in [-0.2, 0) is 12.3 Å². The zero-order valence-electron chi connectivity index (χ0n) is 22.4. The van der Waals surface area contributed by atoms with Crippen LogP contribution in [0.2, 0.25) is 6.55 Å². The third-order valence-electron chi connectivity index (χ3n) is 8.35. The molecule has 0 fully saturated rings. The monoisotopic (exact) mass is 538 g/mol. The van der Waals surface area contributed by atoms with Gasteiger partial charge in [0, 0.05) is 0 Å². The van der Waals surface area contributed by atoms with Crippen molar-refractivity contribution in [2.24, 2.45) is 0 Å². The Kier molecular flexibility index (Phi) is 6.31. The first kappa shape index (κ1) is 24.3. The second-order valence-electron chi connectivity index (χ2n) is 10.5. The molecule has 1 aliphatic rings. The molecule has 1 nitrogen and oxygen atoms in total. The highest BCUT2D eigenvalue weighted by atomic mass is 31.1. The molecular weight excluding hydrogens is 507 g/mol. The zero-order valence-corrected chi connectivity index (χ0v) is 24.4. The van der Waals surface area contributed by atoms with Crippen molar-refractivity contribution in [3.8, 4) is 16.9 Å². The van der Waals surface area contributed by atoms with Gasteiger partial charge in [-0.1, -0.05) is 135 Å². The van der Waals surface area contributed by atoms with Crippen molar-refractivity contribution in [3.05, 3.63) is 132 Å². The summed E-state index contributed by atoms with van der Waals surface area (Å²) in [6.07, 6.45) is 2.20. The molecule has 0 unspecified atom stereocenters. The largest absolute Gasteiger partial charge is 0.497 e. The van der Waals surface area contributed by atoms with E-state index in [1.165, 1.54) is 49.0 Å². The van der Waals surface area contributed by atoms with Crippen molar-refractivity contribution < 1.29 is 4.74 Å². The van der Waals surface area contributed by atoms with Crippen molar-refractivity contribution >= 4 is 53.9 Å². The van der Waals surface area contributed by atoms with Crippen LogP contribution in [0.4, 0.5) is 0 Å². The molecule has 0 N–H and O–H groups in total. The lowest BCUT2D eigenvalue weighted by molar-refractivity contribution is 0.418. The molecule has 3 heteroatoms. The number of methoxy groups -OCH3 is 1. The van der Waals surface area contributed by atoms with Gasteiger partial charge in [0.25, 0.3) is 0 Å². The van der Waals surface area contributed by atoms with E-state index in [9.17, 15) is 0 Å². The molecule has 1 atom stereocenters. The predicted molar refractivity (Wildman–Crippen MR) is 173 cm³/mol. The minimum atomic E-state index is -1.46.